The van der Waals surface area contributed by atoms with Crippen LogP contribution >= 0.6 is 0 Å². The molecule has 1 saturated heterocycles. The van der Waals surface area contributed by atoms with Crippen molar-refractivity contribution in [2.45, 2.75) is 58.0 Å². The fraction of sp³-hybridized carbons (Fsp3) is 0.842. The largest absolute Gasteiger partial charge is 0.356 e. The summed E-state index contributed by atoms with van der Waals surface area (Å²) in [5.74, 6) is 4.73. The van der Waals surface area contributed by atoms with Crippen LogP contribution in [0.1, 0.15) is 43.8 Å². The maximum Gasteiger partial charge on any atom is 0.191 e. The van der Waals surface area contributed by atoms with Crippen LogP contribution in [0.15, 0.2) is 4.99 Å². The second-order valence-electron chi connectivity index (χ2n) is 8.29. The highest BCUT2D eigenvalue weighted by atomic mass is 15.3. The number of aromatic nitrogens is 3. The van der Waals surface area contributed by atoms with E-state index in [9.17, 15) is 0 Å². The molecule has 7 nitrogen and oxygen atoms in total. The molecule has 26 heavy (non-hydrogen) atoms. The Kier molecular flexibility index (Phi) is 5.43. The van der Waals surface area contributed by atoms with Crippen molar-refractivity contribution in [3.63, 3.8) is 0 Å². The van der Waals surface area contributed by atoms with Gasteiger partial charge in [0, 0.05) is 52.2 Å². The van der Waals surface area contributed by atoms with Gasteiger partial charge in [-0.15, -0.1) is 10.2 Å². The molecule has 1 aliphatic carbocycles. The summed E-state index contributed by atoms with van der Waals surface area (Å²) < 4.78 is 2.27. The van der Waals surface area contributed by atoms with Crippen molar-refractivity contribution in [1.82, 2.24) is 30.3 Å². The summed E-state index contributed by atoms with van der Waals surface area (Å²) in [6, 6.07) is 0.551. The molecule has 2 N–H and O–H groups in total. The minimum absolute atomic E-state index is 0.551. The second kappa shape index (κ2) is 7.94. The standard InChI is InChI=1S/C19H33N7/c1-14-23-24-18-6-5-16(13-26(14)18)11-21-19(20-2)22-17-7-9-25(10-8-17)12-15-3-4-15/h15-17H,3-13H2,1-2H3,(H2,20,21,22). The topological polar surface area (TPSA) is 70.4 Å². The Morgan fingerprint density at radius 1 is 1.12 bits per heavy atom. The average Bonchev–Trinajstić information content (AvgIpc) is 3.41. The Labute approximate surface area is 156 Å². The smallest absolute Gasteiger partial charge is 0.191 e. The predicted octanol–water partition coefficient (Wildman–Crippen LogP) is 1.19. The van der Waals surface area contributed by atoms with Crippen LogP contribution < -0.4 is 10.6 Å². The molecule has 1 unspecified atom stereocenters. The van der Waals surface area contributed by atoms with Crippen molar-refractivity contribution in [1.29, 1.82) is 0 Å². The molecule has 2 aliphatic heterocycles. The van der Waals surface area contributed by atoms with Crippen LogP contribution in [-0.4, -0.2) is 64.9 Å². The van der Waals surface area contributed by atoms with Gasteiger partial charge in [-0.1, -0.05) is 0 Å². The van der Waals surface area contributed by atoms with E-state index in [1.54, 1.807) is 0 Å². The third-order valence-electron chi connectivity index (χ3n) is 6.15. The number of fused-ring (bicyclic) bond motifs is 1. The Morgan fingerprint density at radius 3 is 2.65 bits per heavy atom. The van der Waals surface area contributed by atoms with Crippen LogP contribution in [0.3, 0.4) is 0 Å². The van der Waals surface area contributed by atoms with Gasteiger partial charge < -0.3 is 20.1 Å². The van der Waals surface area contributed by atoms with Gasteiger partial charge in [0.15, 0.2) is 5.96 Å². The maximum absolute atomic E-state index is 4.45. The van der Waals surface area contributed by atoms with Gasteiger partial charge in [-0.05, 0) is 50.9 Å². The van der Waals surface area contributed by atoms with Crippen LogP contribution in [0.5, 0.6) is 0 Å². The molecular weight excluding hydrogens is 326 g/mol. The number of likely N-dealkylation sites (tertiary alicyclic amines) is 1. The summed E-state index contributed by atoms with van der Waals surface area (Å²) in [5, 5.41) is 15.7. The van der Waals surface area contributed by atoms with Gasteiger partial charge >= 0.3 is 0 Å². The lowest BCUT2D eigenvalue weighted by atomic mass is 9.99. The van der Waals surface area contributed by atoms with E-state index >= 15 is 0 Å². The predicted molar refractivity (Wildman–Crippen MR) is 103 cm³/mol. The molecule has 0 bridgehead atoms. The molecule has 7 heteroatoms. The third kappa shape index (κ3) is 4.37. The van der Waals surface area contributed by atoms with Gasteiger partial charge in [0.25, 0.3) is 0 Å². The average molecular weight is 360 g/mol. The molecule has 1 saturated carbocycles. The number of guanidine groups is 1. The lowest BCUT2D eigenvalue weighted by molar-refractivity contribution is 0.198. The van der Waals surface area contributed by atoms with Crippen molar-refractivity contribution in [3.05, 3.63) is 11.6 Å². The first-order valence-corrected chi connectivity index (χ1v) is 10.3. The Hall–Kier alpha value is -1.63. The molecule has 0 amide bonds. The van der Waals surface area contributed by atoms with Crippen LogP contribution in [-0.2, 0) is 13.0 Å². The van der Waals surface area contributed by atoms with Gasteiger partial charge in [-0.2, -0.15) is 0 Å². The van der Waals surface area contributed by atoms with E-state index in [-0.39, 0.29) is 0 Å². The monoisotopic (exact) mass is 359 g/mol. The van der Waals surface area contributed by atoms with Crippen molar-refractivity contribution < 1.29 is 0 Å². The van der Waals surface area contributed by atoms with E-state index in [0.717, 1.165) is 43.0 Å². The van der Waals surface area contributed by atoms with E-state index in [1.807, 2.05) is 14.0 Å². The summed E-state index contributed by atoms with van der Waals surface area (Å²) in [7, 11) is 1.88. The Balaban J connectivity index is 1.20. The fourth-order valence-electron chi connectivity index (χ4n) is 4.25. The Morgan fingerprint density at radius 2 is 1.92 bits per heavy atom. The fourth-order valence-corrected chi connectivity index (χ4v) is 4.25. The molecule has 4 rings (SSSR count). The first-order valence-electron chi connectivity index (χ1n) is 10.3. The molecule has 0 spiro atoms. The third-order valence-corrected chi connectivity index (χ3v) is 6.15. The van der Waals surface area contributed by atoms with E-state index in [0.29, 0.717) is 12.0 Å². The van der Waals surface area contributed by atoms with Gasteiger partial charge in [-0.25, -0.2) is 0 Å². The van der Waals surface area contributed by atoms with E-state index in [2.05, 4.69) is 35.3 Å². The quantitative estimate of drug-likeness (QED) is 0.610. The van der Waals surface area contributed by atoms with Gasteiger partial charge in [0.2, 0.25) is 0 Å². The maximum atomic E-state index is 4.45. The molecule has 3 heterocycles. The van der Waals surface area contributed by atoms with E-state index < -0.39 is 0 Å². The van der Waals surface area contributed by atoms with E-state index in [1.165, 1.54) is 51.7 Å². The zero-order valence-electron chi connectivity index (χ0n) is 16.2. The summed E-state index contributed by atoms with van der Waals surface area (Å²) in [5.41, 5.74) is 0. The molecule has 144 valence electrons. The molecule has 1 atom stereocenters. The number of hydrogen-bond acceptors (Lipinski definition) is 4. The van der Waals surface area contributed by atoms with Gasteiger partial charge in [0.05, 0.1) is 0 Å². The normalized spacial score (nSPS) is 25.2. The number of aryl methyl sites for hydroxylation is 2. The summed E-state index contributed by atoms with van der Waals surface area (Å²) in [6.45, 7) is 7.79. The highest BCUT2D eigenvalue weighted by Gasteiger charge is 2.27. The molecule has 3 aliphatic rings. The first-order chi connectivity index (χ1) is 12.7. The van der Waals surface area contributed by atoms with Crippen molar-refractivity contribution in [3.8, 4) is 0 Å². The van der Waals surface area contributed by atoms with E-state index in [4.69, 9.17) is 0 Å². The van der Waals surface area contributed by atoms with Crippen LogP contribution in [0, 0.1) is 18.8 Å². The summed E-state index contributed by atoms with van der Waals surface area (Å²) >= 11 is 0. The van der Waals surface area contributed by atoms with Gasteiger partial charge in [0.1, 0.15) is 11.6 Å². The Bertz CT molecular complexity index is 626. The lowest BCUT2D eigenvalue weighted by Gasteiger charge is -2.33. The number of nitrogens with one attached hydrogen (secondary N) is 2. The zero-order chi connectivity index (χ0) is 17.9. The lowest BCUT2D eigenvalue weighted by Crippen LogP contribution is -2.50. The SMILES string of the molecule is CN=C(NCC1CCc2nnc(C)n2C1)NC1CCN(CC2CC2)CC1. The highest BCUT2D eigenvalue weighted by molar-refractivity contribution is 5.79. The van der Waals surface area contributed by atoms with Gasteiger partial charge in [-0.3, -0.25) is 4.99 Å². The highest BCUT2D eigenvalue weighted by Crippen LogP contribution is 2.30. The molecule has 0 radical (unpaired) electrons. The molecular formula is C19H33N7. The minimum atomic E-state index is 0.551. The molecule has 2 fully saturated rings. The second-order valence-corrected chi connectivity index (χ2v) is 8.29. The zero-order valence-corrected chi connectivity index (χ0v) is 16.2. The molecule has 1 aromatic heterocycles. The minimum Gasteiger partial charge on any atom is -0.356 e. The number of piperidine rings is 1. The molecule has 0 aromatic carbocycles. The number of nitrogens with zero attached hydrogens (tertiary/aromatic N) is 5. The number of rotatable bonds is 5. The molecule has 1 aromatic rings. The van der Waals surface area contributed by atoms with Crippen molar-refractivity contribution in [2.75, 3.05) is 33.2 Å². The number of aliphatic imine (C=N–C) groups is 1. The summed E-state index contributed by atoms with van der Waals surface area (Å²) in [6.07, 6.45) is 7.54. The van der Waals surface area contributed by atoms with Crippen LogP contribution in [0.4, 0.5) is 0 Å². The van der Waals surface area contributed by atoms with Crippen LogP contribution in [0.2, 0.25) is 0 Å². The van der Waals surface area contributed by atoms with Crippen molar-refractivity contribution >= 4 is 5.96 Å². The number of hydrogen-bond donors (Lipinski definition) is 2. The summed E-state index contributed by atoms with van der Waals surface area (Å²) in [4.78, 5) is 7.09. The van der Waals surface area contributed by atoms with Crippen molar-refractivity contribution in [2.24, 2.45) is 16.8 Å². The van der Waals surface area contributed by atoms with Crippen LogP contribution in [0.25, 0.3) is 0 Å². The first kappa shape index (κ1) is 17.8.